The molecule has 0 aliphatic carbocycles. The minimum absolute atomic E-state index is 0.139. The molecule has 3 aromatic carbocycles. The topological polar surface area (TPSA) is 93.7 Å². The molecule has 1 amide bonds. The number of nitrogens with one attached hydrogen (secondary N) is 2. The highest BCUT2D eigenvalue weighted by atomic mass is 32.2. The third-order valence-electron chi connectivity index (χ3n) is 4.53. The van der Waals surface area contributed by atoms with E-state index >= 15 is 0 Å². The van der Waals surface area contributed by atoms with Gasteiger partial charge in [0.1, 0.15) is 11.5 Å². The molecule has 0 spiro atoms. The van der Waals surface area contributed by atoms with Crippen molar-refractivity contribution in [3.8, 4) is 11.5 Å². The summed E-state index contributed by atoms with van der Waals surface area (Å²) in [6.07, 6.45) is 0. The minimum Gasteiger partial charge on any atom is -0.497 e. The van der Waals surface area contributed by atoms with Gasteiger partial charge in [-0.2, -0.15) is 0 Å². The van der Waals surface area contributed by atoms with Gasteiger partial charge in [0.05, 0.1) is 30.5 Å². The number of hydrogen-bond donors (Lipinski definition) is 2. The standard InChI is InChI=1S/C22H22N2O5S/c1-15-18(22(25)23-20-14-16(28-2)12-13-21(20)29-3)10-7-11-19(15)24-30(26,27)17-8-5-4-6-9-17/h4-14,24H,1-3H3,(H,23,25). The van der Waals surface area contributed by atoms with Gasteiger partial charge in [0, 0.05) is 11.6 Å². The average Bonchev–Trinajstić information content (AvgIpc) is 2.75. The average molecular weight is 426 g/mol. The minimum atomic E-state index is -3.78. The van der Waals surface area contributed by atoms with E-state index in [1.807, 2.05) is 0 Å². The lowest BCUT2D eigenvalue weighted by molar-refractivity contribution is 0.102. The Bertz CT molecular complexity index is 1160. The van der Waals surface area contributed by atoms with Crippen LogP contribution in [0.4, 0.5) is 11.4 Å². The van der Waals surface area contributed by atoms with Gasteiger partial charge >= 0.3 is 0 Å². The Kier molecular flexibility index (Phi) is 6.27. The van der Waals surface area contributed by atoms with Crippen molar-refractivity contribution in [2.45, 2.75) is 11.8 Å². The molecule has 7 nitrogen and oxygen atoms in total. The molecule has 0 fully saturated rings. The molecule has 8 heteroatoms. The molecule has 2 N–H and O–H groups in total. The SMILES string of the molecule is COc1ccc(OC)c(NC(=O)c2cccc(NS(=O)(=O)c3ccccc3)c2C)c1. The molecule has 0 bridgehead atoms. The van der Waals surface area contributed by atoms with Crippen molar-refractivity contribution < 1.29 is 22.7 Å². The predicted octanol–water partition coefficient (Wildman–Crippen LogP) is 4.07. The maximum Gasteiger partial charge on any atom is 0.261 e. The van der Waals surface area contributed by atoms with E-state index < -0.39 is 15.9 Å². The largest absolute Gasteiger partial charge is 0.497 e. The summed E-state index contributed by atoms with van der Waals surface area (Å²) < 4.78 is 38.3. The second kappa shape index (κ2) is 8.87. The Balaban J connectivity index is 1.89. The molecule has 0 saturated carbocycles. The molecule has 0 radical (unpaired) electrons. The van der Waals surface area contributed by atoms with Crippen LogP contribution in [0.15, 0.2) is 71.6 Å². The predicted molar refractivity (Wildman–Crippen MR) is 116 cm³/mol. The van der Waals surface area contributed by atoms with Crippen molar-refractivity contribution in [1.82, 2.24) is 0 Å². The Morgan fingerprint density at radius 3 is 2.27 bits per heavy atom. The van der Waals surface area contributed by atoms with Gasteiger partial charge in [-0.05, 0) is 48.9 Å². The highest BCUT2D eigenvalue weighted by Crippen LogP contribution is 2.30. The number of hydrogen-bond acceptors (Lipinski definition) is 5. The van der Waals surface area contributed by atoms with Crippen LogP contribution in [0.25, 0.3) is 0 Å². The van der Waals surface area contributed by atoms with E-state index in [1.54, 1.807) is 61.5 Å². The van der Waals surface area contributed by atoms with Gasteiger partial charge in [-0.1, -0.05) is 24.3 Å². The molecule has 0 aliphatic heterocycles. The van der Waals surface area contributed by atoms with Crippen LogP contribution in [0.5, 0.6) is 11.5 Å². The van der Waals surface area contributed by atoms with E-state index in [0.717, 1.165) is 0 Å². The van der Waals surface area contributed by atoms with E-state index in [-0.39, 0.29) is 4.90 Å². The number of rotatable bonds is 7. The molecule has 0 heterocycles. The van der Waals surface area contributed by atoms with Gasteiger partial charge < -0.3 is 14.8 Å². The van der Waals surface area contributed by atoms with Crippen molar-refractivity contribution in [1.29, 1.82) is 0 Å². The zero-order valence-electron chi connectivity index (χ0n) is 16.8. The lowest BCUT2D eigenvalue weighted by atomic mass is 10.1. The van der Waals surface area contributed by atoms with Gasteiger partial charge in [0.15, 0.2) is 0 Å². The highest BCUT2D eigenvalue weighted by molar-refractivity contribution is 7.92. The summed E-state index contributed by atoms with van der Waals surface area (Å²) >= 11 is 0. The summed E-state index contributed by atoms with van der Waals surface area (Å²) in [6.45, 7) is 1.68. The van der Waals surface area contributed by atoms with Gasteiger partial charge in [-0.3, -0.25) is 9.52 Å². The third-order valence-corrected chi connectivity index (χ3v) is 5.91. The van der Waals surface area contributed by atoms with Crippen molar-refractivity contribution >= 4 is 27.3 Å². The summed E-state index contributed by atoms with van der Waals surface area (Å²) in [5.74, 6) is 0.634. The molecule has 0 atom stereocenters. The molecule has 30 heavy (non-hydrogen) atoms. The van der Waals surface area contributed by atoms with Gasteiger partial charge in [-0.25, -0.2) is 8.42 Å². The quantitative estimate of drug-likeness (QED) is 0.594. The first-order valence-corrected chi connectivity index (χ1v) is 10.5. The second-order valence-corrected chi connectivity index (χ2v) is 8.10. The van der Waals surface area contributed by atoms with E-state index in [4.69, 9.17) is 9.47 Å². The highest BCUT2D eigenvalue weighted by Gasteiger charge is 2.19. The molecule has 3 rings (SSSR count). The molecular formula is C22H22N2O5S. The van der Waals surface area contributed by atoms with Gasteiger partial charge in [-0.15, -0.1) is 0 Å². The lowest BCUT2D eigenvalue weighted by Crippen LogP contribution is -2.17. The zero-order valence-corrected chi connectivity index (χ0v) is 17.6. The number of ether oxygens (including phenoxy) is 2. The van der Waals surface area contributed by atoms with Crippen molar-refractivity contribution in [3.63, 3.8) is 0 Å². The second-order valence-electron chi connectivity index (χ2n) is 6.42. The monoisotopic (exact) mass is 426 g/mol. The summed E-state index contributed by atoms with van der Waals surface area (Å²) in [4.78, 5) is 13.0. The van der Waals surface area contributed by atoms with Crippen molar-refractivity contribution in [2.24, 2.45) is 0 Å². The molecular weight excluding hydrogens is 404 g/mol. The summed E-state index contributed by atoms with van der Waals surface area (Å²) in [7, 11) is -0.746. The van der Waals surface area contributed by atoms with Crippen LogP contribution < -0.4 is 19.5 Å². The fourth-order valence-electron chi connectivity index (χ4n) is 2.90. The van der Waals surface area contributed by atoms with E-state index in [9.17, 15) is 13.2 Å². The first-order valence-electron chi connectivity index (χ1n) is 9.06. The normalized spacial score (nSPS) is 10.9. The Morgan fingerprint density at radius 2 is 1.60 bits per heavy atom. The fourth-order valence-corrected chi connectivity index (χ4v) is 4.04. The number of carbonyl (C=O) groups excluding carboxylic acids is 1. The number of methoxy groups -OCH3 is 2. The first-order chi connectivity index (χ1) is 14.4. The van der Waals surface area contributed by atoms with Gasteiger partial charge in [0.2, 0.25) is 0 Å². The summed E-state index contributed by atoms with van der Waals surface area (Å²) in [5.41, 5.74) is 1.59. The molecule has 0 unspecified atom stereocenters. The molecule has 156 valence electrons. The summed E-state index contributed by atoms with van der Waals surface area (Å²) in [5, 5.41) is 2.79. The maximum atomic E-state index is 12.9. The van der Waals surface area contributed by atoms with Crippen molar-refractivity contribution in [2.75, 3.05) is 24.3 Å². The smallest absolute Gasteiger partial charge is 0.261 e. The Hall–Kier alpha value is -3.52. The van der Waals surface area contributed by atoms with E-state index in [0.29, 0.717) is 34.0 Å². The van der Waals surface area contributed by atoms with Crippen LogP contribution in [0.3, 0.4) is 0 Å². The number of carbonyl (C=O) groups is 1. The van der Waals surface area contributed by atoms with E-state index in [2.05, 4.69) is 10.0 Å². The number of benzene rings is 3. The van der Waals surface area contributed by atoms with E-state index in [1.165, 1.54) is 26.4 Å². The molecule has 0 aromatic heterocycles. The van der Waals surface area contributed by atoms with Crippen LogP contribution in [0.2, 0.25) is 0 Å². The number of anilines is 2. The fraction of sp³-hybridized carbons (Fsp3) is 0.136. The molecule has 3 aromatic rings. The number of sulfonamides is 1. The summed E-state index contributed by atoms with van der Waals surface area (Å²) in [6, 6.07) is 17.9. The molecule has 0 aliphatic rings. The number of amides is 1. The lowest BCUT2D eigenvalue weighted by Gasteiger charge is -2.15. The Morgan fingerprint density at radius 1 is 0.867 bits per heavy atom. The Labute approximate surface area is 175 Å². The van der Waals surface area contributed by atoms with Gasteiger partial charge in [0.25, 0.3) is 15.9 Å². The zero-order chi connectivity index (χ0) is 21.7. The van der Waals surface area contributed by atoms with Crippen LogP contribution >= 0.6 is 0 Å². The van der Waals surface area contributed by atoms with Crippen molar-refractivity contribution in [3.05, 3.63) is 77.9 Å². The van der Waals surface area contributed by atoms with Crippen LogP contribution in [-0.2, 0) is 10.0 Å². The third kappa shape index (κ3) is 4.55. The van der Waals surface area contributed by atoms with Crippen LogP contribution in [0.1, 0.15) is 15.9 Å². The first kappa shape index (κ1) is 21.2. The molecule has 0 saturated heterocycles. The maximum absolute atomic E-state index is 12.9. The van der Waals surface area contributed by atoms with Crippen LogP contribution in [0, 0.1) is 6.92 Å². The van der Waals surface area contributed by atoms with Crippen LogP contribution in [-0.4, -0.2) is 28.5 Å².